The zero-order valence-corrected chi connectivity index (χ0v) is 19.2. The van der Waals surface area contributed by atoms with Gasteiger partial charge in [0.25, 0.3) is 10.0 Å². The Hall–Kier alpha value is -2.79. The fourth-order valence-electron chi connectivity index (χ4n) is 3.20. The van der Waals surface area contributed by atoms with Crippen molar-refractivity contribution in [2.75, 3.05) is 21.9 Å². The summed E-state index contributed by atoms with van der Waals surface area (Å²) >= 11 is 0. The average molecular weight is 469 g/mol. The minimum absolute atomic E-state index is 0.00407. The summed E-state index contributed by atoms with van der Waals surface area (Å²) in [6.07, 6.45) is -0.183. The Labute approximate surface area is 182 Å². The van der Waals surface area contributed by atoms with Crippen LogP contribution in [0.3, 0.4) is 0 Å². The lowest BCUT2D eigenvalue weighted by molar-refractivity contribution is -0.119. The molecule has 3 rings (SSSR count). The van der Waals surface area contributed by atoms with Crippen LogP contribution in [0.1, 0.15) is 20.8 Å². The number of amides is 1. The van der Waals surface area contributed by atoms with Gasteiger partial charge in [-0.1, -0.05) is 19.1 Å². The quantitative estimate of drug-likeness (QED) is 0.663. The first kappa shape index (κ1) is 22.9. The molecule has 0 aliphatic carbocycles. The highest BCUT2D eigenvalue weighted by molar-refractivity contribution is 7.94. The maximum absolute atomic E-state index is 13.2. The number of para-hydroxylation sites is 2. The van der Waals surface area contributed by atoms with E-state index < -0.39 is 31.9 Å². The molecule has 168 valence electrons. The molecule has 11 heteroatoms. The number of nitrogens with zero attached hydrogens (tertiary/aromatic N) is 1. The van der Waals surface area contributed by atoms with Crippen LogP contribution in [0.15, 0.2) is 47.4 Å². The minimum atomic E-state index is -4.22. The second-order valence-electron chi connectivity index (χ2n) is 7.39. The Bertz CT molecular complexity index is 1210. The summed E-state index contributed by atoms with van der Waals surface area (Å²) in [4.78, 5) is 12.1. The minimum Gasteiger partial charge on any atom is -0.495 e. The van der Waals surface area contributed by atoms with Crippen LogP contribution in [0.25, 0.3) is 0 Å². The van der Waals surface area contributed by atoms with Crippen LogP contribution >= 0.6 is 0 Å². The summed E-state index contributed by atoms with van der Waals surface area (Å²) in [5.41, 5.74) is 0.143. The first-order valence-corrected chi connectivity index (χ1v) is 12.6. The molecular formula is C20H24N2O7S2. The number of carbonyl (C=O) groups excluding carboxylic acids is 1. The van der Waals surface area contributed by atoms with Gasteiger partial charge in [0, 0.05) is 0 Å². The molecule has 31 heavy (non-hydrogen) atoms. The van der Waals surface area contributed by atoms with Crippen LogP contribution in [0.2, 0.25) is 0 Å². The van der Waals surface area contributed by atoms with Gasteiger partial charge >= 0.3 is 0 Å². The Balaban J connectivity index is 2.06. The molecule has 2 aromatic carbocycles. The lowest BCUT2D eigenvalue weighted by Crippen LogP contribution is -2.30. The first-order chi connectivity index (χ1) is 14.5. The van der Waals surface area contributed by atoms with Crippen molar-refractivity contribution in [1.82, 2.24) is 0 Å². The van der Waals surface area contributed by atoms with Crippen molar-refractivity contribution >= 4 is 37.3 Å². The van der Waals surface area contributed by atoms with Gasteiger partial charge < -0.3 is 9.47 Å². The zero-order valence-electron chi connectivity index (χ0n) is 17.5. The maximum atomic E-state index is 13.2. The lowest BCUT2D eigenvalue weighted by Gasteiger charge is -2.19. The number of sulfonamides is 2. The molecule has 9 nitrogen and oxygen atoms in total. The van der Waals surface area contributed by atoms with Crippen LogP contribution in [0.4, 0.5) is 11.4 Å². The van der Waals surface area contributed by atoms with Crippen molar-refractivity contribution < 1.29 is 31.1 Å². The molecule has 1 aliphatic heterocycles. The normalized spacial score (nSPS) is 18.3. The third-order valence-corrected chi connectivity index (χ3v) is 7.78. The third kappa shape index (κ3) is 4.62. The number of nitrogens with one attached hydrogen (secondary N) is 1. The molecule has 0 spiro atoms. The van der Waals surface area contributed by atoms with E-state index in [1.807, 2.05) is 13.8 Å². The van der Waals surface area contributed by atoms with E-state index in [9.17, 15) is 21.6 Å². The second-order valence-corrected chi connectivity index (χ2v) is 10.9. The van der Waals surface area contributed by atoms with Gasteiger partial charge in [0.2, 0.25) is 15.9 Å². The number of rotatable bonds is 7. The first-order valence-electron chi connectivity index (χ1n) is 9.49. The fraction of sp³-hybridized carbons (Fsp3) is 0.350. The van der Waals surface area contributed by atoms with Crippen molar-refractivity contribution in [2.24, 2.45) is 5.92 Å². The van der Waals surface area contributed by atoms with Crippen LogP contribution in [0.5, 0.6) is 11.5 Å². The monoisotopic (exact) mass is 468 g/mol. The van der Waals surface area contributed by atoms with Crippen molar-refractivity contribution in [2.45, 2.75) is 31.8 Å². The second kappa shape index (κ2) is 8.39. The molecule has 0 saturated carbocycles. The van der Waals surface area contributed by atoms with Crippen molar-refractivity contribution in [3.05, 3.63) is 42.5 Å². The fourth-order valence-corrected chi connectivity index (χ4v) is 6.27. The van der Waals surface area contributed by atoms with E-state index in [0.717, 1.165) is 6.07 Å². The van der Waals surface area contributed by atoms with Gasteiger partial charge in [-0.05, 0) is 44.2 Å². The summed E-state index contributed by atoms with van der Waals surface area (Å²) in [6.45, 7) is 5.13. The Kier molecular flexibility index (Phi) is 6.19. The lowest BCUT2D eigenvalue weighted by atomic mass is 10.2. The Morgan fingerprint density at radius 1 is 1.13 bits per heavy atom. The number of anilines is 2. The van der Waals surface area contributed by atoms with Crippen LogP contribution < -0.4 is 18.5 Å². The number of carbonyl (C=O) groups is 1. The highest BCUT2D eigenvalue weighted by Gasteiger charge is 2.42. The number of ether oxygens (including phenoxy) is 2. The van der Waals surface area contributed by atoms with E-state index in [1.165, 1.54) is 26.2 Å². The van der Waals surface area contributed by atoms with Gasteiger partial charge in [0.1, 0.15) is 16.4 Å². The smallest absolute Gasteiger partial charge is 0.265 e. The maximum Gasteiger partial charge on any atom is 0.265 e. The molecule has 1 saturated heterocycles. The molecule has 1 fully saturated rings. The predicted octanol–water partition coefficient (Wildman–Crippen LogP) is 2.60. The molecule has 1 atom stereocenters. The molecule has 1 heterocycles. The number of methoxy groups -OCH3 is 1. The summed E-state index contributed by atoms with van der Waals surface area (Å²) in [7, 11) is -6.82. The summed E-state index contributed by atoms with van der Waals surface area (Å²) in [5.74, 6) is -1.33. The average Bonchev–Trinajstić information content (AvgIpc) is 2.89. The van der Waals surface area contributed by atoms with E-state index in [4.69, 9.17) is 9.47 Å². The largest absolute Gasteiger partial charge is 0.495 e. The highest BCUT2D eigenvalue weighted by Crippen LogP contribution is 2.35. The van der Waals surface area contributed by atoms with Gasteiger partial charge in [0.05, 0.1) is 36.3 Å². The molecule has 1 amide bonds. The van der Waals surface area contributed by atoms with Crippen LogP contribution in [-0.4, -0.2) is 41.7 Å². The molecule has 0 unspecified atom stereocenters. The van der Waals surface area contributed by atoms with Gasteiger partial charge in [-0.2, -0.15) is 0 Å². The number of hydrogen-bond acceptors (Lipinski definition) is 7. The molecule has 1 aliphatic rings. The molecule has 2 aromatic rings. The molecule has 0 radical (unpaired) electrons. The molecule has 0 bridgehead atoms. The Morgan fingerprint density at radius 2 is 1.81 bits per heavy atom. The van der Waals surface area contributed by atoms with E-state index in [0.29, 0.717) is 10.1 Å². The van der Waals surface area contributed by atoms with Gasteiger partial charge in [-0.15, -0.1) is 0 Å². The predicted molar refractivity (Wildman–Crippen MR) is 116 cm³/mol. The summed E-state index contributed by atoms with van der Waals surface area (Å²) < 4.78 is 65.2. The summed E-state index contributed by atoms with van der Waals surface area (Å²) in [6, 6.07) is 10.3. The van der Waals surface area contributed by atoms with E-state index in [1.54, 1.807) is 24.3 Å². The van der Waals surface area contributed by atoms with E-state index >= 15 is 0 Å². The van der Waals surface area contributed by atoms with Gasteiger partial charge in [-0.3, -0.25) is 9.52 Å². The topological polar surface area (TPSA) is 119 Å². The van der Waals surface area contributed by atoms with Crippen molar-refractivity contribution in [3.8, 4) is 11.5 Å². The molecular weight excluding hydrogens is 444 g/mol. The third-order valence-electron chi connectivity index (χ3n) is 4.53. The summed E-state index contributed by atoms with van der Waals surface area (Å²) in [5, 5.41) is 0. The van der Waals surface area contributed by atoms with Gasteiger partial charge in [0.15, 0.2) is 0 Å². The Morgan fingerprint density at radius 3 is 2.39 bits per heavy atom. The molecule has 0 aromatic heterocycles. The van der Waals surface area contributed by atoms with Gasteiger partial charge in [-0.25, -0.2) is 21.1 Å². The SMILES string of the molecule is COc1ccc(N2C(=O)[C@@H](C)CS2(=O)=O)cc1S(=O)(=O)Nc1ccccc1OC(C)C. The standard InChI is InChI=1S/C20H24N2O7S2/c1-13(2)29-17-8-6-5-7-16(17)21-31(26,27)19-11-15(9-10-18(19)28-4)22-20(23)14(3)12-30(22,24)25/h5-11,13-14,21H,12H2,1-4H3/t14-/m0/s1. The zero-order chi connectivity index (χ0) is 23.0. The molecule has 1 N–H and O–H groups in total. The van der Waals surface area contributed by atoms with E-state index in [2.05, 4.69) is 4.72 Å². The van der Waals surface area contributed by atoms with Crippen LogP contribution in [0, 0.1) is 5.92 Å². The highest BCUT2D eigenvalue weighted by atomic mass is 32.2. The number of hydrogen-bond donors (Lipinski definition) is 1. The van der Waals surface area contributed by atoms with E-state index in [-0.39, 0.29) is 33.9 Å². The van der Waals surface area contributed by atoms with Crippen molar-refractivity contribution in [3.63, 3.8) is 0 Å². The van der Waals surface area contributed by atoms with Crippen LogP contribution in [-0.2, 0) is 24.8 Å². The number of benzene rings is 2. The van der Waals surface area contributed by atoms with Crippen molar-refractivity contribution in [1.29, 1.82) is 0 Å².